The summed E-state index contributed by atoms with van der Waals surface area (Å²) in [6.07, 6.45) is 2.57. The Labute approximate surface area is 126 Å². The van der Waals surface area contributed by atoms with Gasteiger partial charge in [-0.1, -0.05) is 15.9 Å². The highest BCUT2D eigenvalue weighted by Crippen LogP contribution is 2.24. The molecule has 0 saturated carbocycles. The van der Waals surface area contributed by atoms with Crippen LogP contribution in [0.25, 0.3) is 6.08 Å². The van der Waals surface area contributed by atoms with Crippen molar-refractivity contribution in [2.45, 2.75) is 0 Å². The molecule has 0 unspecified atom stereocenters. The van der Waals surface area contributed by atoms with Gasteiger partial charge in [-0.2, -0.15) is 0 Å². The number of benzene rings is 1. The lowest BCUT2D eigenvalue weighted by Crippen LogP contribution is -2.10. The average molecular weight is 345 g/mol. The summed E-state index contributed by atoms with van der Waals surface area (Å²) in [5.41, 5.74) is 0.693. The number of aliphatic carboxylic acids is 1. The molecule has 0 amide bonds. The van der Waals surface area contributed by atoms with Crippen LogP contribution in [0.15, 0.2) is 28.7 Å². The van der Waals surface area contributed by atoms with Gasteiger partial charge in [0.2, 0.25) is 0 Å². The molecule has 1 N–H and O–H groups in total. The molecule has 0 spiro atoms. The highest BCUT2D eigenvalue weighted by Gasteiger charge is 2.03. The zero-order valence-corrected chi connectivity index (χ0v) is 12.8. The molecule has 0 aliphatic carbocycles. The smallest absolute Gasteiger partial charge is 0.328 e. The molecule has 110 valence electrons. The molecular formula is C14H17BrO5. The lowest BCUT2D eigenvalue weighted by Gasteiger charge is -2.10. The lowest BCUT2D eigenvalue weighted by atomic mass is 10.2. The minimum Gasteiger partial charge on any atom is -0.491 e. The number of rotatable bonds is 9. The van der Waals surface area contributed by atoms with E-state index in [0.29, 0.717) is 37.7 Å². The minimum absolute atomic E-state index is 0.388. The summed E-state index contributed by atoms with van der Waals surface area (Å²) >= 11 is 3.34. The number of halogens is 1. The highest BCUT2D eigenvalue weighted by molar-refractivity contribution is 9.10. The van der Waals surface area contributed by atoms with Gasteiger partial charge in [-0.05, 0) is 24.3 Å². The molecule has 1 rings (SSSR count). The summed E-state index contributed by atoms with van der Waals surface area (Å²) in [4.78, 5) is 10.6. The van der Waals surface area contributed by atoms with Crippen LogP contribution < -0.4 is 4.74 Å². The third-order valence-corrected chi connectivity index (χ3v) is 2.79. The maximum Gasteiger partial charge on any atom is 0.328 e. The fourth-order valence-corrected chi connectivity index (χ4v) is 1.78. The van der Waals surface area contributed by atoms with Crippen molar-refractivity contribution in [2.24, 2.45) is 0 Å². The van der Waals surface area contributed by atoms with E-state index < -0.39 is 5.97 Å². The fourth-order valence-electron chi connectivity index (χ4n) is 1.40. The first-order valence-electron chi connectivity index (χ1n) is 6.03. The Morgan fingerprint density at radius 3 is 2.75 bits per heavy atom. The molecule has 0 atom stereocenters. The van der Waals surface area contributed by atoms with Gasteiger partial charge in [0.05, 0.1) is 19.8 Å². The Hall–Kier alpha value is -1.37. The van der Waals surface area contributed by atoms with Crippen molar-refractivity contribution < 1.29 is 24.1 Å². The molecule has 6 heteroatoms. The standard InChI is InChI=1S/C14H17BrO5/c1-18-6-7-19-8-9-20-13-4-3-12(15)10-11(13)2-5-14(16)17/h2-5,10H,6-9H2,1H3,(H,16,17). The molecule has 0 aliphatic rings. The van der Waals surface area contributed by atoms with Crippen LogP contribution in [0.1, 0.15) is 5.56 Å². The second kappa shape index (κ2) is 9.52. The molecule has 0 aliphatic heterocycles. The van der Waals surface area contributed by atoms with Crippen LogP contribution in [-0.4, -0.2) is 44.6 Å². The van der Waals surface area contributed by atoms with Crippen molar-refractivity contribution >= 4 is 28.0 Å². The second-order valence-corrected chi connectivity index (χ2v) is 4.72. The minimum atomic E-state index is -1.00. The third kappa shape index (κ3) is 6.70. The summed E-state index contributed by atoms with van der Waals surface area (Å²) in [5, 5.41) is 8.66. The predicted molar refractivity (Wildman–Crippen MR) is 79.0 cm³/mol. The molecule has 0 heterocycles. The number of carbonyl (C=O) groups is 1. The van der Waals surface area contributed by atoms with Crippen molar-refractivity contribution in [3.63, 3.8) is 0 Å². The van der Waals surface area contributed by atoms with E-state index in [1.54, 1.807) is 19.2 Å². The summed E-state index contributed by atoms with van der Waals surface area (Å²) in [6.45, 7) is 1.90. The number of hydrogen-bond acceptors (Lipinski definition) is 4. The van der Waals surface area contributed by atoms with E-state index in [1.165, 1.54) is 6.08 Å². The molecule has 20 heavy (non-hydrogen) atoms. The monoisotopic (exact) mass is 344 g/mol. The van der Waals surface area contributed by atoms with Crippen molar-refractivity contribution in [2.75, 3.05) is 33.5 Å². The SMILES string of the molecule is COCCOCCOc1ccc(Br)cc1C=CC(=O)O. The van der Waals surface area contributed by atoms with Crippen LogP contribution in [0.5, 0.6) is 5.75 Å². The highest BCUT2D eigenvalue weighted by atomic mass is 79.9. The van der Waals surface area contributed by atoms with Crippen LogP contribution >= 0.6 is 15.9 Å². The lowest BCUT2D eigenvalue weighted by molar-refractivity contribution is -0.131. The van der Waals surface area contributed by atoms with Crippen LogP contribution in [0.4, 0.5) is 0 Å². The van der Waals surface area contributed by atoms with Gasteiger partial charge in [0.15, 0.2) is 0 Å². The van der Waals surface area contributed by atoms with E-state index in [0.717, 1.165) is 10.5 Å². The third-order valence-electron chi connectivity index (χ3n) is 2.29. The largest absolute Gasteiger partial charge is 0.491 e. The molecular weight excluding hydrogens is 328 g/mol. The van der Waals surface area contributed by atoms with Gasteiger partial charge in [-0.25, -0.2) is 4.79 Å². The van der Waals surface area contributed by atoms with Gasteiger partial charge in [-0.15, -0.1) is 0 Å². The number of methoxy groups -OCH3 is 1. The van der Waals surface area contributed by atoms with E-state index in [-0.39, 0.29) is 0 Å². The summed E-state index contributed by atoms with van der Waals surface area (Å²) in [6, 6.07) is 5.40. The number of ether oxygens (including phenoxy) is 3. The summed E-state index contributed by atoms with van der Waals surface area (Å²) < 4.78 is 16.6. The van der Waals surface area contributed by atoms with E-state index in [2.05, 4.69) is 15.9 Å². The predicted octanol–water partition coefficient (Wildman–Crippen LogP) is 2.59. The van der Waals surface area contributed by atoms with Gasteiger partial charge in [0.25, 0.3) is 0 Å². The number of carboxylic acids is 1. The zero-order chi connectivity index (χ0) is 14.8. The Morgan fingerprint density at radius 2 is 2.05 bits per heavy atom. The maximum absolute atomic E-state index is 10.6. The van der Waals surface area contributed by atoms with Crippen molar-refractivity contribution in [3.8, 4) is 5.75 Å². The molecule has 0 fully saturated rings. The quantitative estimate of drug-likeness (QED) is 0.551. The molecule has 0 bridgehead atoms. The Kier molecular flexibility index (Phi) is 7.94. The van der Waals surface area contributed by atoms with E-state index >= 15 is 0 Å². The van der Waals surface area contributed by atoms with E-state index in [1.807, 2.05) is 6.07 Å². The molecule has 0 aromatic heterocycles. The average Bonchev–Trinajstić information content (AvgIpc) is 2.42. The topological polar surface area (TPSA) is 65.0 Å². The van der Waals surface area contributed by atoms with E-state index in [9.17, 15) is 4.79 Å². The first-order valence-corrected chi connectivity index (χ1v) is 6.83. The number of hydrogen-bond donors (Lipinski definition) is 1. The Morgan fingerprint density at radius 1 is 1.30 bits per heavy atom. The molecule has 1 aromatic carbocycles. The van der Waals surface area contributed by atoms with E-state index in [4.69, 9.17) is 19.3 Å². The zero-order valence-electron chi connectivity index (χ0n) is 11.2. The molecule has 0 radical (unpaired) electrons. The molecule has 0 saturated heterocycles. The first-order chi connectivity index (χ1) is 9.63. The first kappa shape index (κ1) is 16.7. The van der Waals surface area contributed by atoms with Crippen molar-refractivity contribution in [1.82, 2.24) is 0 Å². The second-order valence-electron chi connectivity index (χ2n) is 3.81. The van der Waals surface area contributed by atoms with Crippen LogP contribution in [-0.2, 0) is 14.3 Å². The summed E-state index contributed by atoms with van der Waals surface area (Å²) in [7, 11) is 1.61. The summed E-state index contributed by atoms with van der Waals surface area (Å²) in [5.74, 6) is -0.389. The Bertz CT molecular complexity index is 459. The van der Waals surface area contributed by atoms with Gasteiger partial charge >= 0.3 is 5.97 Å². The van der Waals surface area contributed by atoms with Gasteiger partial charge in [-0.3, -0.25) is 0 Å². The van der Waals surface area contributed by atoms with Crippen LogP contribution in [0.2, 0.25) is 0 Å². The molecule has 5 nitrogen and oxygen atoms in total. The maximum atomic E-state index is 10.6. The van der Waals surface area contributed by atoms with Crippen molar-refractivity contribution in [3.05, 3.63) is 34.3 Å². The van der Waals surface area contributed by atoms with Crippen LogP contribution in [0, 0.1) is 0 Å². The fraction of sp³-hybridized carbons (Fsp3) is 0.357. The van der Waals surface area contributed by atoms with Gasteiger partial charge < -0.3 is 19.3 Å². The van der Waals surface area contributed by atoms with Gasteiger partial charge in [0, 0.05) is 23.2 Å². The van der Waals surface area contributed by atoms with Gasteiger partial charge in [0.1, 0.15) is 12.4 Å². The molecule has 1 aromatic rings. The van der Waals surface area contributed by atoms with Crippen molar-refractivity contribution in [1.29, 1.82) is 0 Å². The van der Waals surface area contributed by atoms with Crippen LogP contribution in [0.3, 0.4) is 0 Å². The normalized spacial score (nSPS) is 10.9. The number of carboxylic acid groups (broad SMARTS) is 1. The Balaban J connectivity index is 2.53.